The second kappa shape index (κ2) is 6.39. The van der Waals surface area contributed by atoms with Gasteiger partial charge in [-0.1, -0.05) is 24.3 Å². The molecule has 1 atom stereocenters. The summed E-state index contributed by atoms with van der Waals surface area (Å²) >= 11 is 0. The molecule has 4 nitrogen and oxygen atoms in total. The summed E-state index contributed by atoms with van der Waals surface area (Å²) < 4.78 is 0. The summed E-state index contributed by atoms with van der Waals surface area (Å²) in [7, 11) is 3.84. The Morgan fingerprint density at radius 2 is 1.90 bits per heavy atom. The maximum atomic E-state index is 12.3. The lowest BCUT2D eigenvalue weighted by Gasteiger charge is -2.17. The lowest BCUT2D eigenvalue weighted by molar-refractivity contribution is 0.0939. The fourth-order valence-electron chi connectivity index (χ4n) is 2.22. The monoisotopic (exact) mass is 283 g/mol. The van der Waals surface area contributed by atoms with Crippen LogP contribution in [0.5, 0.6) is 0 Å². The highest BCUT2D eigenvalue weighted by atomic mass is 16.1. The number of benzene rings is 1. The van der Waals surface area contributed by atoms with Gasteiger partial charge < -0.3 is 10.2 Å². The van der Waals surface area contributed by atoms with E-state index in [-0.39, 0.29) is 11.9 Å². The number of nitrogens with zero attached hydrogens (tertiary/aromatic N) is 2. The first-order valence-corrected chi connectivity index (χ1v) is 6.99. The second-order valence-corrected chi connectivity index (χ2v) is 5.35. The van der Waals surface area contributed by atoms with E-state index < -0.39 is 0 Å². The molecule has 1 unspecified atom stereocenters. The van der Waals surface area contributed by atoms with Crippen LogP contribution in [0.4, 0.5) is 5.82 Å². The molecule has 110 valence electrons. The molecule has 2 rings (SSSR count). The number of amides is 1. The van der Waals surface area contributed by atoms with Crippen LogP contribution < -0.4 is 10.2 Å². The molecule has 1 heterocycles. The van der Waals surface area contributed by atoms with Crippen molar-refractivity contribution in [1.29, 1.82) is 0 Å². The van der Waals surface area contributed by atoms with E-state index in [1.54, 1.807) is 12.3 Å². The number of carbonyl (C=O) groups excluding carboxylic acids is 1. The summed E-state index contributed by atoms with van der Waals surface area (Å²) in [5.74, 6) is 0.724. The molecular weight excluding hydrogens is 262 g/mol. The molecule has 21 heavy (non-hydrogen) atoms. The number of rotatable bonds is 4. The topological polar surface area (TPSA) is 45.2 Å². The van der Waals surface area contributed by atoms with Crippen molar-refractivity contribution in [3.63, 3.8) is 0 Å². The van der Waals surface area contributed by atoms with Crippen LogP contribution in [0.3, 0.4) is 0 Å². The molecule has 0 fully saturated rings. The van der Waals surface area contributed by atoms with E-state index in [1.807, 2.05) is 63.2 Å². The number of aromatic nitrogens is 1. The first kappa shape index (κ1) is 15.0. The summed E-state index contributed by atoms with van der Waals surface area (Å²) in [4.78, 5) is 18.4. The molecule has 1 aromatic heterocycles. The first-order chi connectivity index (χ1) is 9.99. The van der Waals surface area contributed by atoms with Crippen molar-refractivity contribution in [2.45, 2.75) is 19.9 Å². The smallest absolute Gasteiger partial charge is 0.253 e. The van der Waals surface area contributed by atoms with Crippen molar-refractivity contribution in [1.82, 2.24) is 10.3 Å². The third-order valence-corrected chi connectivity index (χ3v) is 3.47. The van der Waals surface area contributed by atoms with Crippen molar-refractivity contribution >= 4 is 11.7 Å². The van der Waals surface area contributed by atoms with Gasteiger partial charge in [0.25, 0.3) is 5.91 Å². The maximum absolute atomic E-state index is 12.3. The molecule has 1 aromatic carbocycles. The molecule has 0 bridgehead atoms. The molecule has 0 saturated carbocycles. The Hall–Kier alpha value is -2.36. The Kier molecular flexibility index (Phi) is 4.58. The number of hydrogen-bond donors (Lipinski definition) is 1. The Morgan fingerprint density at radius 1 is 1.19 bits per heavy atom. The molecule has 4 heteroatoms. The normalized spacial score (nSPS) is 11.8. The summed E-state index contributed by atoms with van der Waals surface area (Å²) in [5.41, 5.74) is 2.87. The molecule has 0 spiro atoms. The predicted molar refractivity (Wildman–Crippen MR) is 85.6 cm³/mol. The van der Waals surface area contributed by atoms with Gasteiger partial charge in [0.05, 0.1) is 11.6 Å². The van der Waals surface area contributed by atoms with Crippen molar-refractivity contribution in [2.24, 2.45) is 0 Å². The standard InChI is InChI=1S/C17H21N3O/c1-12-7-5-6-8-15(12)13(2)19-17(21)14-9-10-16(18-11-14)20(3)4/h5-11,13H,1-4H3,(H,19,21). The van der Waals surface area contributed by atoms with E-state index in [2.05, 4.69) is 10.3 Å². The van der Waals surface area contributed by atoms with Gasteiger partial charge in [0.2, 0.25) is 0 Å². The van der Waals surface area contributed by atoms with Crippen LogP contribution in [-0.4, -0.2) is 25.0 Å². The van der Waals surface area contributed by atoms with Crippen LogP contribution in [0.1, 0.15) is 34.5 Å². The van der Waals surface area contributed by atoms with E-state index in [4.69, 9.17) is 0 Å². The third kappa shape index (κ3) is 3.60. The summed E-state index contributed by atoms with van der Waals surface area (Å²) in [6, 6.07) is 11.7. The second-order valence-electron chi connectivity index (χ2n) is 5.35. The summed E-state index contributed by atoms with van der Waals surface area (Å²) in [6.07, 6.45) is 1.61. The van der Waals surface area contributed by atoms with E-state index in [0.717, 1.165) is 11.4 Å². The third-order valence-electron chi connectivity index (χ3n) is 3.47. The zero-order valence-corrected chi connectivity index (χ0v) is 12.9. The number of carbonyl (C=O) groups is 1. The minimum absolute atomic E-state index is 0.0350. The van der Waals surface area contributed by atoms with Gasteiger partial charge >= 0.3 is 0 Å². The first-order valence-electron chi connectivity index (χ1n) is 6.99. The maximum Gasteiger partial charge on any atom is 0.253 e. The Labute approximate surface area is 125 Å². The van der Waals surface area contributed by atoms with Crippen molar-refractivity contribution in [2.75, 3.05) is 19.0 Å². The Morgan fingerprint density at radius 3 is 2.48 bits per heavy atom. The molecule has 0 aliphatic carbocycles. The highest BCUT2D eigenvalue weighted by Gasteiger charge is 2.13. The number of aryl methyl sites for hydroxylation is 1. The van der Waals surface area contributed by atoms with Gasteiger partial charge in [-0.3, -0.25) is 4.79 Å². The highest BCUT2D eigenvalue weighted by molar-refractivity contribution is 5.94. The lowest BCUT2D eigenvalue weighted by Crippen LogP contribution is -2.27. The average Bonchev–Trinajstić information content (AvgIpc) is 2.47. The van der Waals surface area contributed by atoms with Crippen LogP contribution in [0.15, 0.2) is 42.6 Å². The molecule has 0 saturated heterocycles. The van der Waals surface area contributed by atoms with Crippen LogP contribution in [0, 0.1) is 6.92 Å². The van der Waals surface area contributed by atoms with Crippen LogP contribution in [0.25, 0.3) is 0 Å². The lowest BCUT2D eigenvalue weighted by atomic mass is 10.0. The van der Waals surface area contributed by atoms with Crippen LogP contribution in [0.2, 0.25) is 0 Å². The number of nitrogens with one attached hydrogen (secondary N) is 1. The van der Waals surface area contributed by atoms with Crippen LogP contribution >= 0.6 is 0 Å². The molecule has 2 aromatic rings. The molecule has 0 aliphatic heterocycles. The number of pyridine rings is 1. The highest BCUT2D eigenvalue weighted by Crippen LogP contribution is 2.17. The minimum Gasteiger partial charge on any atom is -0.363 e. The SMILES string of the molecule is Cc1ccccc1C(C)NC(=O)c1ccc(N(C)C)nc1. The Balaban J connectivity index is 2.09. The van der Waals surface area contributed by atoms with E-state index in [9.17, 15) is 4.79 Å². The quantitative estimate of drug-likeness (QED) is 0.938. The van der Waals surface area contributed by atoms with Gasteiger partial charge in [0, 0.05) is 20.3 Å². The molecule has 0 radical (unpaired) electrons. The van der Waals surface area contributed by atoms with E-state index >= 15 is 0 Å². The van der Waals surface area contributed by atoms with Gasteiger partial charge in [0.15, 0.2) is 0 Å². The Bertz CT molecular complexity index is 620. The number of anilines is 1. The van der Waals surface area contributed by atoms with Gasteiger partial charge in [-0.05, 0) is 37.1 Å². The van der Waals surface area contributed by atoms with Crippen molar-refractivity contribution < 1.29 is 4.79 Å². The van der Waals surface area contributed by atoms with Gasteiger partial charge in [-0.15, -0.1) is 0 Å². The van der Waals surface area contributed by atoms with Crippen molar-refractivity contribution in [3.8, 4) is 0 Å². The minimum atomic E-state index is -0.108. The fraction of sp³-hybridized carbons (Fsp3) is 0.294. The average molecular weight is 283 g/mol. The van der Waals surface area contributed by atoms with E-state index in [0.29, 0.717) is 5.56 Å². The predicted octanol–water partition coefficient (Wildman–Crippen LogP) is 2.95. The fourth-order valence-corrected chi connectivity index (χ4v) is 2.22. The molecule has 1 amide bonds. The van der Waals surface area contributed by atoms with Gasteiger partial charge in [0.1, 0.15) is 5.82 Å². The molecular formula is C17H21N3O. The molecule has 1 N–H and O–H groups in total. The summed E-state index contributed by atoms with van der Waals surface area (Å²) in [5, 5.41) is 3.01. The largest absolute Gasteiger partial charge is 0.363 e. The summed E-state index contributed by atoms with van der Waals surface area (Å²) in [6.45, 7) is 4.03. The molecule has 0 aliphatic rings. The van der Waals surface area contributed by atoms with E-state index in [1.165, 1.54) is 5.56 Å². The zero-order chi connectivity index (χ0) is 15.4. The van der Waals surface area contributed by atoms with Crippen molar-refractivity contribution in [3.05, 3.63) is 59.3 Å². The van der Waals surface area contributed by atoms with Gasteiger partial charge in [-0.25, -0.2) is 4.98 Å². The zero-order valence-electron chi connectivity index (χ0n) is 12.9. The van der Waals surface area contributed by atoms with Crippen LogP contribution in [-0.2, 0) is 0 Å². The number of hydrogen-bond acceptors (Lipinski definition) is 3. The van der Waals surface area contributed by atoms with Gasteiger partial charge in [-0.2, -0.15) is 0 Å².